The van der Waals surface area contributed by atoms with Crippen LogP contribution in [0.5, 0.6) is 0 Å². The first kappa shape index (κ1) is 16.4. The first-order valence-corrected chi connectivity index (χ1v) is 9.04. The van der Waals surface area contributed by atoms with E-state index in [2.05, 4.69) is 21.2 Å². The van der Waals surface area contributed by atoms with E-state index >= 15 is 0 Å². The third-order valence-electron chi connectivity index (χ3n) is 3.43. The molecule has 1 saturated heterocycles. The Balaban J connectivity index is 1.92. The summed E-state index contributed by atoms with van der Waals surface area (Å²) in [5, 5.41) is 2.49. The molecule has 0 radical (unpaired) electrons. The molecule has 1 heterocycles. The molecule has 21 heavy (non-hydrogen) atoms. The second-order valence-electron chi connectivity index (χ2n) is 5.14. The van der Waals surface area contributed by atoms with Crippen molar-refractivity contribution in [2.24, 2.45) is 0 Å². The van der Waals surface area contributed by atoms with Gasteiger partial charge in [-0.2, -0.15) is 0 Å². The van der Waals surface area contributed by atoms with Gasteiger partial charge in [-0.25, -0.2) is 12.8 Å². The molecule has 0 aromatic heterocycles. The smallest absolute Gasteiger partial charge is 0.238 e. The lowest BCUT2D eigenvalue weighted by atomic mass is 10.2. The van der Waals surface area contributed by atoms with Crippen molar-refractivity contribution in [1.29, 1.82) is 0 Å². The standard InChI is InChI=1S/C13H16BrFN2O3S/c1-17(10-4-5-21(19,20)8-10)7-13(18)16-12-3-2-9(14)6-11(12)15/h2-3,6,10H,4-5,7-8H2,1H3,(H,16,18). The van der Waals surface area contributed by atoms with Gasteiger partial charge >= 0.3 is 0 Å². The molecule has 0 saturated carbocycles. The molecule has 5 nitrogen and oxygen atoms in total. The molecule has 1 aliphatic heterocycles. The topological polar surface area (TPSA) is 66.5 Å². The van der Waals surface area contributed by atoms with Gasteiger partial charge in [0.1, 0.15) is 5.82 Å². The van der Waals surface area contributed by atoms with Gasteiger partial charge in [-0.1, -0.05) is 15.9 Å². The van der Waals surface area contributed by atoms with Crippen molar-refractivity contribution in [3.05, 3.63) is 28.5 Å². The Morgan fingerprint density at radius 1 is 1.52 bits per heavy atom. The van der Waals surface area contributed by atoms with Crippen molar-refractivity contribution < 1.29 is 17.6 Å². The maximum atomic E-state index is 13.6. The third-order valence-corrected chi connectivity index (χ3v) is 5.67. The number of halogens is 2. The number of rotatable bonds is 4. The van der Waals surface area contributed by atoms with Crippen LogP contribution in [0.1, 0.15) is 6.42 Å². The van der Waals surface area contributed by atoms with Crippen molar-refractivity contribution >= 4 is 37.4 Å². The summed E-state index contributed by atoms with van der Waals surface area (Å²) >= 11 is 3.14. The summed E-state index contributed by atoms with van der Waals surface area (Å²) in [5.41, 5.74) is 0.107. The maximum absolute atomic E-state index is 13.6. The fourth-order valence-electron chi connectivity index (χ4n) is 2.26. The summed E-state index contributed by atoms with van der Waals surface area (Å²) in [6.45, 7) is 0.0235. The maximum Gasteiger partial charge on any atom is 0.238 e. The zero-order valence-corrected chi connectivity index (χ0v) is 13.9. The normalized spacial score (nSPS) is 20.7. The third kappa shape index (κ3) is 4.49. The molecule has 1 amide bonds. The van der Waals surface area contributed by atoms with Crippen molar-refractivity contribution in [3.63, 3.8) is 0 Å². The summed E-state index contributed by atoms with van der Waals surface area (Å²) in [6.07, 6.45) is 0.527. The highest BCUT2D eigenvalue weighted by Crippen LogP contribution is 2.20. The molecular formula is C13H16BrFN2O3S. The number of carbonyl (C=O) groups excluding carboxylic acids is 1. The lowest BCUT2D eigenvalue weighted by molar-refractivity contribution is -0.117. The molecule has 0 spiro atoms. The SMILES string of the molecule is CN(CC(=O)Nc1ccc(Br)cc1F)C1CCS(=O)(=O)C1. The van der Waals surface area contributed by atoms with E-state index in [1.54, 1.807) is 18.0 Å². The predicted molar refractivity (Wildman–Crippen MR) is 82.4 cm³/mol. The van der Waals surface area contributed by atoms with Gasteiger partial charge in [-0.3, -0.25) is 9.69 Å². The van der Waals surface area contributed by atoms with Gasteiger partial charge in [0, 0.05) is 10.5 Å². The van der Waals surface area contributed by atoms with Gasteiger partial charge in [-0.05, 0) is 31.7 Å². The molecule has 1 aliphatic rings. The lowest BCUT2D eigenvalue weighted by Crippen LogP contribution is -2.38. The first-order chi connectivity index (χ1) is 9.77. The summed E-state index contributed by atoms with van der Waals surface area (Å²) in [4.78, 5) is 13.6. The van der Waals surface area contributed by atoms with E-state index < -0.39 is 15.7 Å². The Bertz CT molecular complexity index is 651. The van der Waals surface area contributed by atoms with Crippen molar-refractivity contribution in [1.82, 2.24) is 4.90 Å². The van der Waals surface area contributed by atoms with Crippen molar-refractivity contribution in [2.45, 2.75) is 12.5 Å². The number of amides is 1. The highest BCUT2D eigenvalue weighted by Gasteiger charge is 2.31. The van der Waals surface area contributed by atoms with E-state index in [4.69, 9.17) is 0 Å². The van der Waals surface area contributed by atoms with Crippen LogP contribution < -0.4 is 5.32 Å². The fraction of sp³-hybridized carbons (Fsp3) is 0.462. The van der Waals surface area contributed by atoms with Crippen LogP contribution in [0.4, 0.5) is 10.1 Å². The van der Waals surface area contributed by atoms with Gasteiger partial charge in [0.05, 0.1) is 23.7 Å². The number of nitrogens with zero attached hydrogens (tertiary/aromatic N) is 1. The Morgan fingerprint density at radius 2 is 2.24 bits per heavy atom. The van der Waals surface area contributed by atoms with Crippen LogP contribution >= 0.6 is 15.9 Å². The van der Waals surface area contributed by atoms with Crippen LogP contribution in [-0.4, -0.2) is 50.4 Å². The number of sulfone groups is 1. The quantitative estimate of drug-likeness (QED) is 0.864. The number of hydrogen-bond donors (Lipinski definition) is 1. The average molecular weight is 379 g/mol. The largest absolute Gasteiger partial charge is 0.322 e. The zero-order valence-electron chi connectivity index (χ0n) is 11.5. The summed E-state index contributed by atoms with van der Waals surface area (Å²) in [6, 6.07) is 4.21. The van der Waals surface area contributed by atoms with E-state index in [0.29, 0.717) is 10.9 Å². The Hall–Kier alpha value is -0.990. The molecule has 1 aromatic carbocycles. The van der Waals surface area contributed by atoms with Crippen LogP contribution in [-0.2, 0) is 14.6 Å². The number of anilines is 1. The Morgan fingerprint density at radius 3 is 2.81 bits per heavy atom. The summed E-state index contributed by atoms with van der Waals surface area (Å²) in [7, 11) is -1.29. The van der Waals surface area contributed by atoms with Gasteiger partial charge in [0.15, 0.2) is 9.84 Å². The molecule has 0 aliphatic carbocycles. The molecule has 0 bridgehead atoms. The molecule has 1 aromatic rings. The van der Waals surface area contributed by atoms with Crippen LogP contribution in [0.2, 0.25) is 0 Å². The molecule has 2 rings (SSSR count). The number of carbonyl (C=O) groups is 1. The van der Waals surface area contributed by atoms with E-state index in [1.807, 2.05) is 0 Å². The lowest BCUT2D eigenvalue weighted by Gasteiger charge is -2.22. The molecular weight excluding hydrogens is 363 g/mol. The minimum Gasteiger partial charge on any atom is -0.322 e. The van der Waals surface area contributed by atoms with E-state index in [-0.39, 0.29) is 35.7 Å². The minimum atomic E-state index is -2.99. The number of benzene rings is 1. The summed E-state index contributed by atoms with van der Waals surface area (Å²) < 4.78 is 37.0. The number of likely N-dealkylation sites (N-methyl/N-ethyl adjacent to an activating group) is 1. The first-order valence-electron chi connectivity index (χ1n) is 6.42. The van der Waals surface area contributed by atoms with Crippen LogP contribution in [0.25, 0.3) is 0 Å². The number of hydrogen-bond acceptors (Lipinski definition) is 4. The highest BCUT2D eigenvalue weighted by atomic mass is 79.9. The van der Waals surface area contributed by atoms with Gasteiger partial charge in [0.2, 0.25) is 5.91 Å². The van der Waals surface area contributed by atoms with Crippen molar-refractivity contribution in [3.8, 4) is 0 Å². The molecule has 1 atom stereocenters. The molecule has 116 valence electrons. The fourth-order valence-corrected chi connectivity index (χ4v) is 4.40. The minimum absolute atomic E-state index is 0.0235. The van der Waals surface area contributed by atoms with E-state index in [9.17, 15) is 17.6 Å². The van der Waals surface area contributed by atoms with Gasteiger partial charge in [-0.15, -0.1) is 0 Å². The molecule has 8 heteroatoms. The predicted octanol–water partition coefficient (Wildman–Crippen LogP) is 1.65. The van der Waals surface area contributed by atoms with E-state index in [1.165, 1.54) is 12.1 Å². The van der Waals surface area contributed by atoms with Crippen molar-refractivity contribution in [2.75, 3.05) is 30.4 Å². The zero-order chi connectivity index (χ0) is 15.6. The second-order valence-corrected chi connectivity index (χ2v) is 8.29. The summed E-state index contributed by atoms with van der Waals surface area (Å²) in [5.74, 6) is -0.666. The molecule has 1 N–H and O–H groups in total. The Labute approximate surface area is 131 Å². The average Bonchev–Trinajstić information content (AvgIpc) is 2.73. The van der Waals surface area contributed by atoms with Crippen LogP contribution in [0.15, 0.2) is 22.7 Å². The van der Waals surface area contributed by atoms with Crippen LogP contribution in [0, 0.1) is 5.82 Å². The monoisotopic (exact) mass is 378 g/mol. The van der Waals surface area contributed by atoms with E-state index in [0.717, 1.165) is 0 Å². The molecule has 1 unspecified atom stereocenters. The molecule has 1 fully saturated rings. The van der Waals surface area contributed by atoms with Gasteiger partial charge in [0.25, 0.3) is 0 Å². The number of nitrogens with one attached hydrogen (secondary N) is 1. The second kappa shape index (κ2) is 6.41. The van der Waals surface area contributed by atoms with Crippen LogP contribution in [0.3, 0.4) is 0 Å². The Kier molecular flexibility index (Phi) is 5.00. The van der Waals surface area contributed by atoms with Gasteiger partial charge < -0.3 is 5.32 Å². The highest BCUT2D eigenvalue weighted by molar-refractivity contribution is 9.10.